The lowest BCUT2D eigenvalue weighted by atomic mass is 10.0. The third-order valence-corrected chi connectivity index (χ3v) is 6.54. The minimum atomic E-state index is -0.557. The van der Waals surface area contributed by atoms with Crippen molar-refractivity contribution in [3.8, 4) is 23.1 Å². The average molecular weight is 548 g/mol. The number of alkyl halides is 1. The van der Waals surface area contributed by atoms with E-state index in [0.717, 1.165) is 11.1 Å². The van der Waals surface area contributed by atoms with E-state index in [9.17, 15) is 4.79 Å². The Morgan fingerprint density at radius 2 is 1.89 bits per heavy atom. The molecule has 0 radical (unpaired) electrons. The number of ketones is 1. The van der Waals surface area contributed by atoms with Crippen LogP contribution >= 0.6 is 15.9 Å². The maximum Gasteiger partial charge on any atom is 0.226 e. The molecule has 0 amide bonds. The first kappa shape index (κ1) is 23.6. The highest BCUT2D eigenvalue weighted by molar-refractivity contribution is 9.09. The maximum atomic E-state index is 13.4. The number of halogens is 1. The number of Topliss-reactive ketones (excluding diaryl/α,β-unsaturated/α-hetero) is 1. The maximum absolute atomic E-state index is 13.4. The summed E-state index contributed by atoms with van der Waals surface area (Å²) in [5.74, 6) is 2.35. The Bertz CT molecular complexity index is 1500. The van der Waals surface area contributed by atoms with E-state index >= 15 is 0 Å². The number of carbonyl (C=O) groups is 1. The number of hydrogen-bond donors (Lipinski definition) is 1. The Morgan fingerprint density at radius 1 is 1.08 bits per heavy atom. The monoisotopic (exact) mass is 547 g/mol. The van der Waals surface area contributed by atoms with Crippen molar-refractivity contribution in [2.45, 2.75) is 11.4 Å². The number of anilines is 1. The van der Waals surface area contributed by atoms with E-state index in [-0.39, 0.29) is 5.78 Å². The third-order valence-electron chi connectivity index (χ3n) is 5.59. The fourth-order valence-electron chi connectivity index (χ4n) is 3.76. The molecular weight excluding hydrogens is 526 g/mol. The zero-order chi connectivity index (χ0) is 25.1. The molecule has 0 saturated heterocycles. The van der Waals surface area contributed by atoms with Gasteiger partial charge in [-0.1, -0.05) is 52.3 Å². The number of hydrogen-bond acceptors (Lipinski definition) is 8. The smallest absolute Gasteiger partial charge is 0.226 e. The Labute approximate surface area is 215 Å². The Morgan fingerprint density at radius 3 is 2.61 bits per heavy atom. The lowest BCUT2D eigenvalue weighted by molar-refractivity contribution is 0.0992. The van der Waals surface area contributed by atoms with Crippen molar-refractivity contribution in [2.75, 3.05) is 19.5 Å². The van der Waals surface area contributed by atoms with E-state index in [2.05, 4.69) is 36.3 Å². The minimum absolute atomic E-state index is 0.177. The molecule has 5 aromatic rings. The number of rotatable bonds is 9. The van der Waals surface area contributed by atoms with E-state index in [1.165, 1.54) is 10.7 Å². The van der Waals surface area contributed by atoms with Gasteiger partial charge in [0, 0.05) is 12.7 Å². The highest BCUT2D eigenvalue weighted by atomic mass is 79.9. The molecule has 1 N–H and O–H groups in total. The molecule has 2 aromatic carbocycles. The van der Waals surface area contributed by atoms with Crippen LogP contribution in [0.3, 0.4) is 0 Å². The fraction of sp³-hybridized carbons (Fsp3) is 0.154. The molecule has 3 heterocycles. The van der Waals surface area contributed by atoms with Crippen molar-refractivity contribution >= 4 is 33.3 Å². The number of furan rings is 1. The Hall–Kier alpha value is -4.18. The first-order valence-corrected chi connectivity index (χ1v) is 12.0. The first-order chi connectivity index (χ1) is 17.6. The molecule has 5 rings (SSSR count). The van der Waals surface area contributed by atoms with Crippen LogP contribution in [0.2, 0.25) is 0 Å². The molecule has 0 saturated carbocycles. The van der Waals surface area contributed by atoms with Gasteiger partial charge >= 0.3 is 0 Å². The average Bonchev–Trinajstić information content (AvgIpc) is 3.62. The first-order valence-electron chi connectivity index (χ1n) is 11.1. The van der Waals surface area contributed by atoms with Gasteiger partial charge in [0.15, 0.2) is 28.7 Å². The summed E-state index contributed by atoms with van der Waals surface area (Å²) in [7, 11) is 3.18. The number of nitrogens with one attached hydrogen (secondary N) is 1. The summed E-state index contributed by atoms with van der Waals surface area (Å²) in [6, 6.07) is 18.6. The molecule has 0 aliphatic heterocycles. The van der Waals surface area contributed by atoms with Crippen LogP contribution in [0.15, 0.2) is 77.5 Å². The van der Waals surface area contributed by atoms with Crippen LogP contribution in [-0.4, -0.2) is 39.6 Å². The van der Waals surface area contributed by atoms with Crippen LogP contribution in [0.1, 0.15) is 26.3 Å². The van der Waals surface area contributed by atoms with Gasteiger partial charge in [-0.2, -0.15) is 4.52 Å². The second-order valence-electron chi connectivity index (χ2n) is 7.82. The molecule has 36 heavy (non-hydrogen) atoms. The summed E-state index contributed by atoms with van der Waals surface area (Å²) in [4.78, 5) is 22.0. The van der Waals surface area contributed by atoms with Crippen LogP contribution in [0.4, 0.5) is 5.95 Å². The number of benzene rings is 2. The van der Waals surface area contributed by atoms with Gasteiger partial charge < -0.3 is 19.2 Å². The number of aromatic nitrogens is 4. The summed E-state index contributed by atoms with van der Waals surface area (Å²) >= 11 is 3.53. The van der Waals surface area contributed by atoms with Gasteiger partial charge in [0.25, 0.3) is 0 Å². The zero-order valence-electron chi connectivity index (χ0n) is 19.5. The van der Waals surface area contributed by atoms with Gasteiger partial charge in [-0.15, -0.1) is 5.10 Å². The number of methoxy groups -OCH3 is 2. The molecule has 1 unspecified atom stereocenters. The molecule has 3 aromatic heterocycles. The van der Waals surface area contributed by atoms with Crippen molar-refractivity contribution < 1.29 is 18.7 Å². The quantitative estimate of drug-likeness (QED) is 0.195. The third kappa shape index (κ3) is 4.55. The SMILES string of the molecule is COc1ccc(CNc2ncc(C(=O)C(Br)c3ccccc3)c3nc(-c4ccco4)nn23)cc1OC. The van der Waals surface area contributed by atoms with Gasteiger partial charge in [-0.25, -0.2) is 9.97 Å². The standard InChI is InChI=1S/C26H22BrN5O4/c1-34-19-11-10-16(13-21(19)35-2)14-28-26-29-15-18(23(33)22(27)17-7-4-3-5-8-17)25-30-24(31-32(25)26)20-9-6-12-36-20/h3-13,15,22H,14H2,1-2H3,(H,28,29). The van der Waals surface area contributed by atoms with Crippen molar-refractivity contribution in [1.29, 1.82) is 0 Å². The van der Waals surface area contributed by atoms with Gasteiger partial charge in [-0.3, -0.25) is 4.79 Å². The minimum Gasteiger partial charge on any atom is -0.493 e. The van der Waals surface area contributed by atoms with E-state index in [0.29, 0.717) is 46.8 Å². The largest absolute Gasteiger partial charge is 0.493 e. The summed E-state index contributed by atoms with van der Waals surface area (Å²) in [5, 5.41) is 7.86. The van der Waals surface area contributed by atoms with Crippen LogP contribution in [0.25, 0.3) is 17.2 Å². The molecule has 0 aliphatic rings. The van der Waals surface area contributed by atoms with Crippen molar-refractivity contribution in [3.05, 3.63) is 89.8 Å². The number of fused-ring (bicyclic) bond motifs is 1. The molecule has 1 atom stereocenters. The van der Waals surface area contributed by atoms with Crippen LogP contribution in [-0.2, 0) is 6.54 Å². The Balaban J connectivity index is 1.51. The highest BCUT2D eigenvalue weighted by Gasteiger charge is 2.25. The summed E-state index contributed by atoms with van der Waals surface area (Å²) in [6.45, 7) is 0.427. The van der Waals surface area contributed by atoms with Gasteiger partial charge in [-0.05, 0) is 35.4 Å². The van der Waals surface area contributed by atoms with E-state index in [1.807, 2.05) is 48.5 Å². The Kier molecular flexibility index (Phi) is 6.68. The lowest BCUT2D eigenvalue weighted by Gasteiger charge is -2.13. The van der Waals surface area contributed by atoms with Gasteiger partial charge in [0.2, 0.25) is 11.8 Å². The number of carbonyl (C=O) groups excluding carboxylic acids is 1. The van der Waals surface area contributed by atoms with Crippen molar-refractivity contribution in [1.82, 2.24) is 19.6 Å². The molecule has 0 fully saturated rings. The second-order valence-corrected chi connectivity index (χ2v) is 8.74. The predicted octanol–water partition coefficient (Wildman–Crippen LogP) is 5.33. The van der Waals surface area contributed by atoms with Crippen molar-refractivity contribution in [2.24, 2.45) is 0 Å². The highest BCUT2D eigenvalue weighted by Crippen LogP contribution is 2.30. The number of ether oxygens (including phenoxy) is 2. The van der Waals surface area contributed by atoms with Crippen LogP contribution in [0, 0.1) is 0 Å². The topological polar surface area (TPSA) is 104 Å². The van der Waals surface area contributed by atoms with Crippen LogP contribution in [0.5, 0.6) is 11.5 Å². The van der Waals surface area contributed by atoms with E-state index in [1.54, 1.807) is 32.6 Å². The zero-order valence-corrected chi connectivity index (χ0v) is 21.1. The molecule has 10 heteroatoms. The molecule has 9 nitrogen and oxygen atoms in total. The lowest BCUT2D eigenvalue weighted by Crippen LogP contribution is -2.13. The normalized spacial score (nSPS) is 11.9. The van der Waals surface area contributed by atoms with E-state index in [4.69, 9.17) is 13.9 Å². The van der Waals surface area contributed by atoms with E-state index < -0.39 is 4.83 Å². The van der Waals surface area contributed by atoms with Gasteiger partial charge in [0.05, 0.1) is 26.0 Å². The van der Waals surface area contributed by atoms with Crippen molar-refractivity contribution in [3.63, 3.8) is 0 Å². The molecular formula is C26H22BrN5O4. The summed E-state index contributed by atoms with van der Waals surface area (Å²) < 4.78 is 17.7. The molecule has 0 bridgehead atoms. The molecule has 0 spiro atoms. The van der Waals surface area contributed by atoms with Crippen LogP contribution < -0.4 is 14.8 Å². The fourth-order valence-corrected chi connectivity index (χ4v) is 4.31. The summed E-state index contributed by atoms with van der Waals surface area (Å²) in [6.07, 6.45) is 3.07. The number of nitrogens with zero attached hydrogens (tertiary/aromatic N) is 4. The summed E-state index contributed by atoms with van der Waals surface area (Å²) in [5.41, 5.74) is 2.49. The second kappa shape index (κ2) is 10.2. The van der Waals surface area contributed by atoms with Gasteiger partial charge in [0.1, 0.15) is 4.83 Å². The molecule has 182 valence electrons. The molecule has 0 aliphatic carbocycles. The predicted molar refractivity (Wildman–Crippen MR) is 138 cm³/mol.